The number of hydrogen-bond acceptors (Lipinski definition) is 7. The molecule has 1 saturated heterocycles. The molecule has 1 saturated carbocycles. The van der Waals surface area contributed by atoms with Gasteiger partial charge in [0.25, 0.3) is 0 Å². The van der Waals surface area contributed by atoms with Gasteiger partial charge in [-0.05, 0) is 83.8 Å². The van der Waals surface area contributed by atoms with Crippen molar-refractivity contribution in [3.05, 3.63) is 23.3 Å². The van der Waals surface area contributed by atoms with Crippen LogP contribution in [0.4, 0.5) is 0 Å². The predicted molar refractivity (Wildman–Crippen MR) is 152 cm³/mol. The summed E-state index contributed by atoms with van der Waals surface area (Å²) >= 11 is 0. The molecule has 0 radical (unpaired) electrons. The Bertz CT molecular complexity index is 1020. The summed E-state index contributed by atoms with van der Waals surface area (Å²) in [4.78, 5) is 20.5. The Morgan fingerprint density at radius 1 is 1.05 bits per heavy atom. The van der Waals surface area contributed by atoms with Gasteiger partial charge in [-0.1, -0.05) is 0 Å². The van der Waals surface area contributed by atoms with Crippen LogP contribution in [0.5, 0.6) is 5.75 Å². The van der Waals surface area contributed by atoms with Crippen molar-refractivity contribution in [1.82, 2.24) is 24.3 Å². The molecule has 0 bridgehead atoms. The van der Waals surface area contributed by atoms with Gasteiger partial charge >= 0.3 is 0 Å². The highest BCUT2D eigenvalue weighted by molar-refractivity contribution is 7.89. The van der Waals surface area contributed by atoms with Gasteiger partial charge in [-0.15, -0.1) is 0 Å². The molecule has 3 rings (SSSR count). The van der Waals surface area contributed by atoms with Gasteiger partial charge in [0.1, 0.15) is 5.75 Å². The standard InChI is InChI=1S/C28H49N5O4S/c1-21-18-26(37-7)19-22(2)28(21)38(35,36)31(6)13-12-27(34)29-24-8-10-25(11-9-24)33-17-16-32(20-23(33)3)15-14-30(4)5/h18-19,23-25H,8-17,20H2,1-7H3,(H,29,34)/t23-,24?,25?/m1/s1. The van der Waals surface area contributed by atoms with E-state index in [0.29, 0.717) is 29.0 Å². The van der Waals surface area contributed by atoms with Gasteiger partial charge < -0.3 is 15.0 Å². The number of nitrogens with zero attached hydrogens (tertiary/aromatic N) is 4. The lowest BCUT2D eigenvalue weighted by Gasteiger charge is -2.46. The third-order valence-corrected chi connectivity index (χ3v) is 10.3. The number of hydrogen-bond donors (Lipinski definition) is 1. The normalized spacial score (nSPS) is 23.7. The monoisotopic (exact) mass is 551 g/mol. The number of amides is 1. The van der Waals surface area contributed by atoms with Crippen molar-refractivity contribution in [2.24, 2.45) is 0 Å². The molecule has 38 heavy (non-hydrogen) atoms. The minimum absolute atomic E-state index is 0.0819. The average molecular weight is 552 g/mol. The number of rotatable bonds is 11. The van der Waals surface area contributed by atoms with E-state index in [1.54, 1.807) is 40.1 Å². The number of ether oxygens (including phenoxy) is 1. The van der Waals surface area contributed by atoms with Crippen LogP contribution in [0.3, 0.4) is 0 Å². The van der Waals surface area contributed by atoms with E-state index >= 15 is 0 Å². The number of aryl methyl sites for hydroxylation is 2. The van der Waals surface area contributed by atoms with E-state index in [0.717, 1.165) is 58.4 Å². The fourth-order valence-corrected chi connectivity index (χ4v) is 7.53. The molecule has 1 aromatic carbocycles. The summed E-state index contributed by atoms with van der Waals surface area (Å²) in [5.74, 6) is 0.550. The third-order valence-electron chi connectivity index (χ3n) is 8.15. The summed E-state index contributed by atoms with van der Waals surface area (Å²) in [6.07, 6.45) is 4.29. The molecule has 0 unspecified atom stereocenters. The van der Waals surface area contributed by atoms with E-state index in [-0.39, 0.29) is 29.8 Å². The third kappa shape index (κ3) is 7.91. The second-order valence-corrected chi connectivity index (χ2v) is 13.4. The van der Waals surface area contributed by atoms with Crippen LogP contribution in [-0.2, 0) is 14.8 Å². The number of carbonyl (C=O) groups excluding carboxylic acids is 1. The van der Waals surface area contributed by atoms with Crippen LogP contribution in [0.25, 0.3) is 0 Å². The molecule has 0 spiro atoms. The van der Waals surface area contributed by atoms with E-state index in [9.17, 15) is 13.2 Å². The number of methoxy groups -OCH3 is 1. The maximum atomic E-state index is 13.2. The van der Waals surface area contributed by atoms with Crippen LogP contribution < -0.4 is 10.1 Å². The molecule has 2 fully saturated rings. The number of likely N-dealkylation sites (N-methyl/N-ethyl adjacent to an activating group) is 1. The van der Waals surface area contributed by atoms with Gasteiger partial charge in [-0.3, -0.25) is 14.6 Å². The van der Waals surface area contributed by atoms with Gasteiger partial charge in [0.05, 0.1) is 12.0 Å². The van der Waals surface area contributed by atoms with Crippen LogP contribution in [0.2, 0.25) is 0 Å². The molecule has 1 amide bonds. The second kappa shape index (κ2) is 13.6. The zero-order chi connectivity index (χ0) is 28.0. The molecular formula is C28H49N5O4S. The molecule has 1 aliphatic carbocycles. The number of sulfonamides is 1. The fourth-order valence-electron chi connectivity index (χ4n) is 5.96. The van der Waals surface area contributed by atoms with Crippen molar-refractivity contribution >= 4 is 15.9 Å². The average Bonchev–Trinajstić information content (AvgIpc) is 2.86. The topological polar surface area (TPSA) is 85.4 Å². The minimum Gasteiger partial charge on any atom is -0.497 e. The Kier molecular flexibility index (Phi) is 11.0. The maximum Gasteiger partial charge on any atom is 0.243 e. The predicted octanol–water partition coefficient (Wildman–Crippen LogP) is 2.32. The summed E-state index contributed by atoms with van der Waals surface area (Å²) in [6.45, 7) is 11.6. The first-order valence-electron chi connectivity index (χ1n) is 14.0. The number of carbonyl (C=O) groups is 1. The van der Waals surface area contributed by atoms with Crippen LogP contribution >= 0.6 is 0 Å². The smallest absolute Gasteiger partial charge is 0.243 e. The Hall–Kier alpha value is -1.72. The largest absolute Gasteiger partial charge is 0.497 e. The Morgan fingerprint density at radius 3 is 2.24 bits per heavy atom. The quantitative estimate of drug-likeness (QED) is 0.452. The van der Waals surface area contributed by atoms with E-state index in [1.807, 2.05) is 0 Å². The molecule has 9 nitrogen and oxygen atoms in total. The Labute approximate surface area is 230 Å². The van der Waals surface area contributed by atoms with Gasteiger partial charge in [-0.2, -0.15) is 0 Å². The second-order valence-electron chi connectivity index (χ2n) is 11.4. The Balaban J connectivity index is 1.43. The molecule has 1 atom stereocenters. The van der Waals surface area contributed by atoms with E-state index in [1.165, 1.54) is 4.31 Å². The highest BCUT2D eigenvalue weighted by Crippen LogP contribution is 2.28. The van der Waals surface area contributed by atoms with Gasteiger partial charge in [-0.25, -0.2) is 12.7 Å². The van der Waals surface area contributed by atoms with Gasteiger partial charge in [0, 0.05) is 70.9 Å². The first kappa shape index (κ1) is 30.8. The lowest BCUT2D eigenvalue weighted by Crippen LogP contribution is -2.57. The molecule has 1 heterocycles. The molecule has 10 heteroatoms. The van der Waals surface area contributed by atoms with Crippen molar-refractivity contribution in [2.45, 2.75) is 75.9 Å². The summed E-state index contributed by atoms with van der Waals surface area (Å²) in [6, 6.07) is 4.76. The van der Waals surface area contributed by atoms with Gasteiger partial charge in [0.15, 0.2) is 0 Å². The van der Waals surface area contributed by atoms with Crippen molar-refractivity contribution in [2.75, 3.05) is 67.5 Å². The highest BCUT2D eigenvalue weighted by atomic mass is 32.2. The van der Waals surface area contributed by atoms with Crippen molar-refractivity contribution in [1.29, 1.82) is 0 Å². The lowest BCUT2D eigenvalue weighted by molar-refractivity contribution is -0.122. The molecule has 2 aliphatic rings. The molecular weight excluding hydrogens is 502 g/mol. The molecule has 1 aromatic rings. The number of piperazine rings is 1. The fraction of sp³-hybridized carbons (Fsp3) is 0.750. The summed E-state index contributed by atoms with van der Waals surface area (Å²) in [5, 5.41) is 3.16. The zero-order valence-corrected chi connectivity index (χ0v) is 25.3. The molecule has 1 aliphatic heterocycles. The Morgan fingerprint density at radius 2 is 1.68 bits per heavy atom. The van der Waals surface area contributed by atoms with Crippen molar-refractivity contribution < 1.29 is 17.9 Å². The lowest BCUT2D eigenvalue weighted by atomic mass is 9.89. The molecule has 1 N–H and O–H groups in total. The minimum atomic E-state index is -3.70. The first-order chi connectivity index (χ1) is 17.9. The van der Waals surface area contributed by atoms with E-state index < -0.39 is 10.0 Å². The number of nitrogens with one attached hydrogen (secondary N) is 1. The highest BCUT2D eigenvalue weighted by Gasteiger charge is 2.32. The van der Waals surface area contributed by atoms with E-state index in [2.05, 4.69) is 41.0 Å². The molecule has 216 valence electrons. The summed E-state index contributed by atoms with van der Waals surface area (Å²) in [7, 11) is 3.65. The first-order valence-corrected chi connectivity index (χ1v) is 15.4. The SMILES string of the molecule is COc1cc(C)c(S(=O)(=O)N(C)CCC(=O)NC2CCC(N3CCN(CCN(C)C)C[C@H]3C)CC2)c(C)c1. The van der Waals surface area contributed by atoms with Crippen LogP contribution in [0, 0.1) is 13.8 Å². The summed E-state index contributed by atoms with van der Waals surface area (Å²) < 4.78 is 33.0. The van der Waals surface area contributed by atoms with Crippen molar-refractivity contribution in [3.8, 4) is 5.75 Å². The van der Waals surface area contributed by atoms with Crippen LogP contribution in [0.15, 0.2) is 17.0 Å². The van der Waals surface area contributed by atoms with Gasteiger partial charge in [0.2, 0.25) is 15.9 Å². The zero-order valence-electron chi connectivity index (χ0n) is 24.5. The van der Waals surface area contributed by atoms with E-state index in [4.69, 9.17) is 4.74 Å². The summed E-state index contributed by atoms with van der Waals surface area (Å²) in [5.41, 5.74) is 1.28. The maximum absolute atomic E-state index is 13.2. The van der Waals surface area contributed by atoms with Crippen molar-refractivity contribution in [3.63, 3.8) is 0 Å². The number of benzene rings is 1. The van der Waals surface area contributed by atoms with Crippen LogP contribution in [-0.4, -0.2) is 119 Å². The molecule has 0 aromatic heterocycles. The van der Waals surface area contributed by atoms with Crippen LogP contribution in [0.1, 0.15) is 50.2 Å².